The molecule has 1 unspecified atom stereocenters. The van der Waals surface area contributed by atoms with Crippen molar-refractivity contribution in [2.75, 3.05) is 26.2 Å². The van der Waals surface area contributed by atoms with E-state index in [1.165, 1.54) is 12.8 Å². The van der Waals surface area contributed by atoms with Crippen LogP contribution in [0.25, 0.3) is 0 Å². The summed E-state index contributed by atoms with van der Waals surface area (Å²) in [5.41, 5.74) is -0.238. The molecule has 0 radical (unpaired) electrons. The standard InChI is InChI=1S/C15H30N2O/c1-6-17(11-12(2)3)14(18)15(4,5)13-8-7-9-16-10-13/h12-13,16H,6-11H2,1-5H3. The summed E-state index contributed by atoms with van der Waals surface area (Å²) in [7, 11) is 0. The van der Waals surface area contributed by atoms with Crippen LogP contribution in [0, 0.1) is 17.3 Å². The maximum Gasteiger partial charge on any atom is 0.228 e. The fraction of sp³-hybridized carbons (Fsp3) is 0.933. The van der Waals surface area contributed by atoms with E-state index < -0.39 is 0 Å². The zero-order valence-electron chi connectivity index (χ0n) is 12.8. The second kappa shape index (κ2) is 6.55. The van der Waals surface area contributed by atoms with Gasteiger partial charge in [-0.3, -0.25) is 4.79 Å². The molecule has 1 aliphatic rings. The van der Waals surface area contributed by atoms with Gasteiger partial charge < -0.3 is 10.2 Å². The van der Waals surface area contributed by atoms with E-state index in [4.69, 9.17) is 0 Å². The molecular formula is C15H30N2O. The van der Waals surface area contributed by atoms with Crippen LogP contribution in [0.4, 0.5) is 0 Å². The molecule has 1 heterocycles. The van der Waals surface area contributed by atoms with Gasteiger partial charge in [0, 0.05) is 18.5 Å². The first-order valence-electron chi connectivity index (χ1n) is 7.39. The topological polar surface area (TPSA) is 32.3 Å². The van der Waals surface area contributed by atoms with Gasteiger partial charge in [-0.1, -0.05) is 27.7 Å². The lowest BCUT2D eigenvalue weighted by molar-refractivity contribution is -0.144. The van der Waals surface area contributed by atoms with Crippen LogP contribution < -0.4 is 5.32 Å². The predicted molar refractivity (Wildman–Crippen MR) is 76.5 cm³/mol. The molecule has 1 amide bonds. The molecule has 18 heavy (non-hydrogen) atoms. The highest BCUT2D eigenvalue weighted by molar-refractivity contribution is 5.82. The van der Waals surface area contributed by atoms with Crippen LogP contribution in [0.5, 0.6) is 0 Å². The highest BCUT2D eigenvalue weighted by atomic mass is 16.2. The van der Waals surface area contributed by atoms with Gasteiger partial charge in [0.15, 0.2) is 0 Å². The lowest BCUT2D eigenvalue weighted by Gasteiger charge is -2.39. The maximum absolute atomic E-state index is 12.7. The molecule has 0 aromatic carbocycles. The number of nitrogens with one attached hydrogen (secondary N) is 1. The molecule has 1 fully saturated rings. The second-order valence-corrected chi connectivity index (χ2v) is 6.50. The molecular weight excluding hydrogens is 224 g/mol. The lowest BCUT2D eigenvalue weighted by Crippen LogP contribution is -2.49. The van der Waals surface area contributed by atoms with Gasteiger partial charge >= 0.3 is 0 Å². The molecule has 3 heteroatoms. The first-order chi connectivity index (χ1) is 8.39. The summed E-state index contributed by atoms with van der Waals surface area (Å²) in [4.78, 5) is 14.8. The Bertz CT molecular complexity index is 268. The Morgan fingerprint density at radius 1 is 1.44 bits per heavy atom. The van der Waals surface area contributed by atoms with Crippen LogP contribution in [-0.2, 0) is 4.79 Å². The predicted octanol–water partition coefficient (Wildman–Crippen LogP) is 2.52. The Labute approximate surface area is 112 Å². The van der Waals surface area contributed by atoms with E-state index >= 15 is 0 Å². The monoisotopic (exact) mass is 254 g/mol. The molecule has 0 aliphatic carbocycles. The van der Waals surface area contributed by atoms with Gasteiger partial charge in [0.1, 0.15) is 0 Å². The Morgan fingerprint density at radius 3 is 2.56 bits per heavy atom. The Hall–Kier alpha value is -0.570. The van der Waals surface area contributed by atoms with Crippen molar-refractivity contribution in [3.05, 3.63) is 0 Å². The fourth-order valence-corrected chi connectivity index (χ4v) is 2.85. The highest BCUT2D eigenvalue weighted by Crippen LogP contribution is 2.33. The molecule has 1 saturated heterocycles. The average molecular weight is 254 g/mol. The van der Waals surface area contributed by atoms with Crippen LogP contribution in [0.15, 0.2) is 0 Å². The maximum atomic E-state index is 12.7. The third kappa shape index (κ3) is 3.71. The van der Waals surface area contributed by atoms with Crippen molar-refractivity contribution in [3.63, 3.8) is 0 Å². The van der Waals surface area contributed by atoms with Crippen molar-refractivity contribution >= 4 is 5.91 Å². The summed E-state index contributed by atoms with van der Waals surface area (Å²) < 4.78 is 0. The molecule has 0 aromatic rings. The number of piperidine rings is 1. The van der Waals surface area contributed by atoms with Crippen molar-refractivity contribution in [2.24, 2.45) is 17.3 Å². The minimum Gasteiger partial charge on any atom is -0.342 e. The summed E-state index contributed by atoms with van der Waals surface area (Å²) in [6, 6.07) is 0. The van der Waals surface area contributed by atoms with Gasteiger partial charge in [-0.2, -0.15) is 0 Å². The lowest BCUT2D eigenvalue weighted by atomic mass is 9.74. The zero-order chi connectivity index (χ0) is 13.8. The molecule has 0 spiro atoms. The molecule has 1 rings (SSSR count). The second-order valence-electron chi connectivity index (χ2n) is 6.50. The van der Waals surface area contributed by atoms with Crippen LogP contribution in [0.2, 0.25) is 0 Å². The van der Waals surface area contributed by atoms with Crippen LogP contribution in [-0.4, -0.2) is 37.0 Å². The summed E-state index contributed by atoms with van der Waals surface area (Å²) in [5, 5.41) is 3.42. The molecule has 1 aliphatic heterocycles. The Balaban J connectivity index is 2.71. The van der Waals surface area contributed by atoms with Gasteiger partial charge in [-0.25, -0.2) is 0 Å². The minimum atomic E-state index is -0.238. The minimum absolute atomic E-state index is 0.238. The smallest absolute Gasteiger partial charge is 0.228 e. The number of amides is 1. The highest BCUT2D eigenvalue weighted by Gasteiger charge is 2.39. The van der Waals surface area contributed by atoms with E-state index in [1.807, 2.05) is 4.90 Å². The summed E-state index contributed by atoms with van der Waals surface area (Å²) in [6.45, 7) is 14.4. The quantitative estimate of drug-likeness (QED) is 0.817. The van der Waals surface area contributed by atoms with Crippen LogP contribution in [0.1, 0.15) is 47.5 Å². The third-order valence-electron chi connectivity index (χ3n) is 4.12. The van der Waals surface area contributed by atoms with Gasteiger partial charge in [0.2, 0.25) is 5.91 Å². The third-order valence-corrected chi connectivity index (χ3v) is 4.12. The van der Waals surface area contributed by atoms with E-state index in [1.54, 1.807) is 0 Å². The van der Waals surface area contributed by atoms with E-state index in [2.05, 4.69) is 39.9 Å². The van der Waals surface area contributed by atoms with E-state index in [0.29, 0.717) is 17.7 Å². The average Bonchev–Trinajstić information content (AvgIpc) is 2.36. The van der Waals surface area contributed by atoms with Crippen molar-refractivity contribution < 1.29 is 4.79 Å². The molecule has 106 valence electrons. The van der Waals surface area contributed by atoms with Crippen LogP contribution >= 0.6 is 0 Å². The molecule has 1 N–H and O–H groups in total. The number of hydrogen-bond acceptors (Lipinski definition) is 2. The van der Waals surface area contributed by atoms with Gasteiger partial charge in [0.25, 0.3) is 0 Å². The van der Waals surface area contributed by atoms with Crippen molar-refractivity contribution in [1.82, 2.24) is 10.2 Å². The normalized spacial score (nSPS) is 21.1. The Morgan fingerprint density at radius 2 is 2.11 bits per heavy atom. The summed E-state index contributed by atoms with van der Waals surface area (Å²) >= 11 is 0. The van der Waals surface area contributed by atoms with Crippen LogP contribution in [0.3, 0.4) is 0 Å². The van der Waals surface area contributed by atoms with E-state index in [9.17, 15) is 4.79 Å². The van der Waals surface area contributed by atoms with Gasteiger partial charge in [0.05, 0.1) is 0 Å². The number of hydrogen-bond donors (Lipinski definition) is 1. The zero-order valence-corrected chi connectivity index (χ0v) is 12.8. The van der Waals surface area contributed by atoms with Gasteiger partial charge in [-0.15, -0.1) is 0 Å². The van der Waals surface area contributed by atoms with E-state index in [0.717, 1.165) is 26.2 Å². The molecule has 3 nitrogen and oxygen atoms in total. The molecule has 1 atom stereocenters. The number of rotatable bonds is 5. The van der Waals surface area contributed by atoms with Crippen molar-refractivity contribution in [3.8, 4) is 0 Å². The Kier molecular flexibility index (Phi) is 5.64. The van der Waals surface area contributed by atoms with Crippen molar-refractivity contribution in [2.45, 2.75) is 47.5 Å². The first-order valence-corrected chi connectivity index (χ1v) is 7.39. The van der Waals surface area contributed by atoms with Crippen molar-refractivity contribution in [1.29, 1.82) is 0 Å². The van der Waals surface area contributed by atoms with Gasteiger partial charge in [-0.05, 0) is 44.7 Å². The summed E-state index contributed by atoms with van der Waals surface area (Å²) in [5.74, 6) is 1.33. The number of carbonyl (C=O) groups is 1. The fourth-order valence-electron chi connectivity index (χ4n) is 2.85. The molecule has 0 bridgehead atoms. The molecule has 0 aromatic heterocycles. The largest absolute Gasteiger partial charge is 0.342 e. The summed E-state index contributed by atoms with van der Waals surface area (Å²) in [6.07, 6.45) is 2.36. The SMILES string of the molecule is CCN(CC(C)C)C(=O)C(C)(C)C1CCCNC1. The number of carbonyl (C=O) groups excluding carboxylic acids is 1. The number of nitrogens with zero attached hydrogens (tertiary/aromatic N) is 1. The van der Waals surface area contributed by atoms with E-state index in [-0.39, 0.29) is 5.41 Å². The molecule has 0 saturated carbocycles. The first kappa shape index (κ1) is 15.5.